The number of rotatable bonds is 3. The number of aromatic nitrogens is 3. The predicted octanol–water partition coefficient (Wildman–Crippen LogP) is 1.66. The third-order valence-corrected chi connectivity index (χ3v) is 8.17. The van der Waals surface area contributed by atoms with Crippen molar-refractivity contribution in [3.05, 3.63) is 66.2 Å². The minimum Gasteiger partial charge on any atom is -0.493 e. The summed E-state index contributed by atoms with van der Waals surface area (Å²) in [4.78, 5) is 33.3. The second-order valence-corrected chi connectivity index (χ2v) is 11.1. The van der Waals surface area contributed by atoms with Crippen molar-refractivity contribution >= 4 is 11.8 Å². The van der Waals surface area contributed by atoms with Gasteiger partial charge in [0.25, 0.3) is 5.91 Å². The van der Waals surface area contributed by atoms with E-state index in [0.717, 1.165) is 16.7 Å². The minimum absolute atomic E-state index is 0.120. The van der Waals surface area contributed by atoms with Gasteiger partial charge in [-0.15, -0.1) is 0 Å². The van der Waals surface area contributed by atoms with E-state index in [2.05, 4.69) is 25.6 Å². The highest BCUT2D eigenvalue weighted by Gasteiger charge is 2.39. The van der Waals surface area contributed by atoms with E-state index in [-0.39, 0.29) is 30.5 Å². The summed E-state index contributed by atoms with van der Waals surface area (Å²) in [6, 6.07) is 8.71. The van der Waals surface area contributed by atoms with Crippen LogP contribution in [-0.2, 0) is 23.1 Å². The molecule has 0 saturated carbocycles. The van der Waals surface area contributed by atoms with Gasteiger partial charge in [-0.05, 0) is 48.6 Å². The van der Waals surface area contributed by atoms with Crippen molar-refractivity contribution in [2.45, 2.75) is 62.6 Å². The van der Waals surface area contributed by atoms with E-state index in [4.69, 9.17) is 9.47 Å². The molecule has 4 bridgehead atoms. The van der Waals surface area contributed by atoms with E-state index < -0.39 is 18.2 Å². The van der Waals surface area contributed by atoms with Crippen LogP contribution in [0.3, 0.4) is 0 Å². The molecular weight excluding hydrogens is 524 g/mol. The van der Waals surface area contributed by atoms with Crippen molar-refractivity contribution in [3.63, 3.8) is 0 Å². The van der Waals surface area contributed by atoms with Crippen LogP contribution in [0.5, 0.6) is 5.75 Å². The Bertz CT molecular complexity index is 1380. The zero-order valence-electron chi connectivity index (χ0n) is 23.1. The smallest absolute Gasteiger partial charge is 0.255 e. The van der Waals surface area contributed by atoms with Gasteiger partial charge in [-0.25, -0.2) is 0 Å². The summed E-state index contributed by atoms with van der Waals surface area (Å²) in [5.41, 5.74) is 3.25. The summed E-state index contributed by atoms with van der Waals surface area (Å²) in [6.07, 6.45) is 8.29. The van der Waals surface area contributed by atoms with Gasteiger partial charge in [0, 0.05) is 63.3 Å². The van der Waals surface area contributed by atoms with Crippen LogP contribution in [0.15, 0.2) is 55.1 Å². The zero-order chi connectivity index (χ0) is 28.3. The number of fused-ring (bicyclic) bond motifs is 5. The van der Waals surface area contributed by atoms with E-state index in [1.807, 2.05) is 37.5 Å². The molecule has 0 spiro atoms. The second kappa shape index (κ2) is 12.0. The summed E-state index contributed by atoms with van der Waals surface area (Å²) in [6.45, 7) is 1.61. The van der Waals surface area contributed by atoms with Crippen LogP contribution in [0.2, 0.25) is 0 Å². The lowest BCUT2D eigenvalue weighted by atomic mass is 9.99. The van der Waals surface area contributed by atoms with Gasteiger partial charge in [0.2, 0.25) is 5.91 Å². The molecule has 1 aromatic carbocycles. The number of aliphatic hydroxyl groups is 1. The van der Waals surface area contributed by atoms with Crippen LogP contribution >= 0.6 is 0 Å². The Kier molecular flexibility index (Phi) is 8.00. The van der Waals surface area contributed by atoms with E-state index in [1.54, 1.807) is 29.3 Å². The number of hydrogen-bond donors (Lipinski definition) is 3. The van der Waals surface area contributed by atoms with Crippen molar-refractivity contribution in [1.82, 2.24) is 30.3 Å². The molecule has 2 saturated heterocycles. The molecule has 0 aliphatic carbocycles. The maximum absolute atomic E-state index is 13.6. The van der Waals surface area contributed by atoms with E-state index in [9.17, 15) is 14.7 Å². The van der Waals surface area contributed by atoms with Crippen molar-refractivity contribution < 1.29 is 24.2 Å². The van der Waals surface area contributed by atoms with Crippen molar-refractivity contribution in [3.8, 4) is 16.9 Å². The first kappa shape index (κ1) is 27.4. The SMILES string of the molecule is Cn1cc(-c2ccc3c(c2)OCC[C@@H]2CC[C@H](O)[C@@H](CNC(=O)[C@@H]4C[C@@H](CN4Cc4cccnc4)NC3=O)O2)cn1. The Hall–Kier alpha value is -3.80. The lowest BCUT2D eigenvalue weighted by Crippen LogP contribution is -2.50. The summed E-state index contributed by atoms with van der Waals surface area (Å²) >= 11 is 0. The number of nitrogens with one attached hydrogen (secondary N) is 2. The summed E-state index contributed by atoms with van der Waals surface area (Å²) in [7, 11) is 1.86. The van der Waals surface area contributed by atoms with Gasteiger partial charge in [0.1, 0.15) is 11.9 Å². The van der Waals surface area contributed by atoms with Crippen molar-refractivity contribution in [2.75, 3.05) is 19.7 Å². The molecule has 2 aromatic heterocycles. The molecule has 0 unspecified atom stereocenters. The average Bonchev–Trinajstić information content (AvgIpc) is 3.58. The number of likely N-dealkylation sites (tertiary alicyclic amines) is 1. The Morgan fingerprint density at radius 2 is 2.02 bits per heavy atom. The highest BCUT2D eigenvalue weighted by atomic mass is 16.5. The third kappa shape index (κ3) is 6.27. The highest BCUT2D eigenvalue weighted by molar-refractivity contribution is 5.98. The first-order valence-electron chi connectivity index (χ1n) is 14.2. The standard InChI is InChI=1S/C30H36N6O5/c1-35-17-21(14-33-35)20-4-6-24-27(11-20)40-10-8-23-5-7-26(37)28(41-23)15-32-30(39)25-12-22(34-29(24)38)18-36(25)16-19-3-2-9-31-13-19/h2-4,6,9,11,13-14,17,22-23,25-26,28,37H,5,7-8,10,12,15-16,18H2,1H3,(H,32,39)(H,34,38)/t22-,23-,25-,26-,28+/m0/s1. The molecule has 3 aromatic rings. The normalized spacial score (nSPS) is 27.4. The number of hydrogen-bond acceptors (Lipinski definition) is 8. The van der Waals surface area contributed by atoms with E-state index in [0.29, 0.717) is 56.7 Å². The molecule has 11 nitrogen and oxygen atoms in total. The topological polar surface area (TPSA) is 131 Å². The Morgan fingerprint density at radius 1 is 1.12 bits per heavy atom. The molecule has 41 heavy (non-hydrogen) atoms. The molecule has 5 heterocycles. The van der Waals surface area contributed by atoms with Crippen LogP contribution in [0.25, 0.3) is 11.1 Å². The lowest BCUT2D eigenvalue weighted by molar-refractivity contribution is -0.133. The van der Waals surface area contributed by atoms with Crippen molar-refractivity contribution in [2.24, 2.45) is 7.05 Å². The summed E-state index contributed by atoms with van der Waals surface area (Å²) in [5.74, 6) is 0.109. The lowest BCUT2D eigenvalue weighted by Gasteiger charge is -2.34. The molecule has 5 atom stereocenters. The number of nitrogens with zero attached hydrogens (tertiary/aromatic N) is 4. The number of aryl methyl sites for hydroxylation is 1. The Morgan fingerprint density at radius 3 is 2.83 bits per heavy atom. The molecule has 3 N–H and O–H groups in total. The number of carbonyl (C=O) groups is 2. The molecule has 6 rings (SSSR count). The fraction of sp³-hybridized carbons (Fsp3) is 0.467. The van der Waals surface area contributed by atoms with Crippen LogP contribution in [0, 0.1) is 0 Å². The van der Waals surface area contributed by atoms with E-state index >= 15 is 0 Å². The maximum atomic E-state index is 13.6. The van der Waals surface area contributed by atoms with Gasteiger partial charge in [-0.2, -0.15) is 5.10 Å². The molecule has 0 radical (unpaired) electrons. The molecule has 11 heteroatoms. The van der Waals surface area contributed by atoms with Crippen LogP contribution in [0.1, 0.15) is 41.6 Å². The summed E-state index contributed by atoms with van der Waals surface area (Å²) in [5, 5.41) is 21.0. The minimum atomic E-state index is -0.642. The maximum Gasteiger partial charge on any atom is 0.255 e. The number of carbonyl (C=O) groups excluding carboxylic acids is 2. The van der Waals surface area contributed by atoms with Crippen LogP contribution < -0.4 is 15.4 Å². The highest BCUT2D eigenvalue weighted by Crippen LogP contribution is 2.30. The number of benzene rings is 1. The fourth-order valence-corrected chi connectivity index (χ4v) is 5.99. The van der Waals surface area contributed by atoms with Gasteiger partial charge < -0.3 is 25.2 Å². The number of amides is 2. The quantitative estimate of drug-likeness (QED) is 0.441. The second-order valence-electron chi connectivity index (χ2n) is 11.1. The Balaban J connectivity index is 1.29. The first-order valence-corrected chi connectivity index (χ1v) is 14.2. The number of aliphatic hydroxyl groups excluding tert-OH is 1. The predicted molar refractivity (Wildman–Crippen MR) is 150 cm³/mol. The monoisotopic (exact) mass is 560 g/mol. The summed E-state index contributed by atoms with van der Waals surface area (Å²) < 4.78 is 14.2. The zero-order valence-corrected chi connectivity index (χ0v) is 23.1. The molecule has 2 amide bonds. The largest absolute Gasteiger partial charge is 0.493 e. The molecule has 216 valence electrons. The number of ether oxygens (including phenoxy) is 2. The van der Waals surface area contributed by atoms with Crippen LogP contribution in [0.4, 0.5) is 0 Å². The van der Waals surface area contributed by atoms with Crippen molar-refractivity contribution in [1.29, 1.82) is 0 Å². The van der Waals surface area contributed by atoms with Gasteiger partial charge in [-0.1, -0.05) is 12.1 Å². The first-order chi connectivity index (χ1) is 19.9. The average molecular weight is 561 g/mol. The molecule has 3 aliphatic rings. The fourth-order valence-electron chi connectivity index (χ4n) is 5.99. The van der Waals surface area contributed by atoms with Gasteiger partial charge in [-0.3, -0.25) is 24.2 Å². The van der Waals surface area contributed by atoms with Gasteiger partial charge >= 0.3 is 0 Å². The van der Waals surface area contributed by atoms with Gasteiger partial charge in [0.15, 0.2) is 0 Å². The van der Waals surface area contributed by atoms with Gasteiger partial charge in [0.05, 0.1) is 36.6 Å². The molecule has 3 aliphatic heterocycles. The Labute approximate surface area is 238 Å². The van der Waals surface area contributed by atoms with E-state index in [1.165, 1.54) is 0 Å². The third-order valence-electron chi connectivity index (χ3n) is 8.17. The number of pyridine rings is 1. The van der Waals surface area contributed by atoms with Crippen LogP contribution in [-0.4, -0.2) is 86.7 Å². The molecular formula is C30H36N6O5. The molecule has 2 fully saturated rings.